The Balaban J connectivity index is 2.08. The van der Waals surface area contributed by atoms with E-state index in [0.29, 0.717) is 5.88 Å². The molecule has 0 unspecified atom stereocenters. The molecule has 4 heteroatoms. The molecular formula is C12H17ClN2O. The van der Waals surface area contributed by atoms with Gasteiger partial charge >= 0.3 is 0 Å². The predicted octanol–water partition coefficient (Wildman–Crippen LogP) is 2.59. The van der Waals surface area contributed by atoms with Gasteiger partial charge in [0.15, 0.2) is 0 Å². The average Bonchev–Trinajstić information content (AvgIpc) is 2.33. The minimum Gasteiger partial charge on any atom is -0.381 e. The Hall–Kier alpha value is -0.800. The van der Waals surface area contributed by atoms with Crippen LogP contribution in [0.3, 0.4) is 0 Å². The molecule has 1 aromatic heterocycles. The normalized spacial score (nSPS) is 19.4. The monoisotopic (exact) mass is 240 g/mol. The summed E-state index contributed by atoms with van der Waals surface area (Å²) >= 11 is 6.07. The lowest BCUT2D eigenvalue weighted by atomic mass is 9.92. The highest BCUT2D eigenvalue weighted by Gasteiger charge is 2.31. The minimum absolute atomic E-state index is 0.0535. The molecule has 0 amide bonds. The van der Waals surface area contributed by atoms with Gasteiger partial charge in [0.2, 0.25) is 0 Å². The van der Waals surface area contributed by atoms with Crippen LogP contribution in [0.25, 0.3) is 0 Å². The van der Waals surface area contributed by atoms with E-state index in [1.165, 1.54) is 0 Å². The van der Waals surface area contributed by atoms with Crippen LogP contribution in [0.2, 0.25) is 0 Å². The van der Waals surface area contributed by atoms with Crippen molar-refractivity contribution in [1.29, 1.82) is 0 Å². The standard InChI is InChI=1S/C12H17ClN2O/c1-10-2-3-11(14-8-10)15-12(9-13)4-6-16-7-5-12/h2-3,8H,4-7,9H2,1H3,(H,14,15). The van der Waals surface area contributed by atoms with Gasteiger partial charge in [-0.05, 0) is 31.4 Å². The first-order valence-corrected chi connectivity index (χ1v) is 6.12. The molecule has 1 saturated heterocycles. The van der Waals surface area contributed by atoms with Gasteiger partial charge in [-0.1, -0.05) is 6.07 Å². The van der Waals surface area contributed by atoms with Gasteiger partial charge in [0.05, 0.1) is 5.54 Å². The van der Waals surface area contributed by atoms with Crippen LogP contribution in [-0.2, 0) is 4.74 Å². The van der Waals surface area contributed by atoms with Crippen molar-refractivity contribution in [3.63, 3.8) is 0 Å². The summed E-state index contributed by atoms with van der Waals surface area (Å²) in [7, 11) is 0. The van der Waals surface area contributed by atoms with Crippen molar-refractivity contribution in [3.8, 4) is 0 Å². The van der Waals surface area contributed by atoms with E-state index in [1.54, 1.807) is 0 Å². The second kappa shape index (κ2) is 5.02. The van der Waals surface area contributed by atoms with Gasteiger partial charge in [-0.3, -0.25) is 0 Å². The molecule has 1 N–H and O–H groups in total. The third-order valence-electron chi connectivity index (χ3n) is 3.01. The summed E-state index contributed by atoms with van der Waals surface area (Å²) in [5.74, 6) is 1.49. The number of anilines is 1. The maximum atomic E-state index is 6.07. The van der Waals surface area contributed by atoms with Crippen molar-refractivity contribution in [1.82, 2.24) is 4.98 Å². The smallest absolute Gasteiger partial charge is 0.126 e. The number of hydrogen-bond acceptors (Lipinski definition) is 3. The maximum absolute atomic E-state index is 6.07. The fourth-order valence-corrected chi connectivity index (χ4v) is 2.20. The number of aryl methyl sites for hydroxylation is 1. The molecule has 0 radical (unpaired) electrons. The van der Waals surface area contributed by atoms with Crippen molar-refractivity contribution in [2.75, 3.05) is 24.4 Å². The Morgan fingerprint density at radius 1 is 1.44 bits per heavy atom. The summed E-state index contributed by atoms with van der Waals surface area (Å²) in [6.07, 6.45) is 3.74. The first-order chi connectivity index (χ1) is 7.74. The lowest BCUT2D eigenvalue weighted by Crippen LogP contribution is -2.45. The fourth-order valence-electron chi connectivity index (χ4n) is 1.87. The summed E-state index contributed by atoms with van der Waals surface area (Å²) < 4.78 is 5.36. The summed E-state index contributed by atoms with van der Waals surface area (Å²) in [4.78, 5) is 4.35. The first-order valence-electron chi connectivity index (χ1n) is 5.59. The first kappa shape index (κ1) is 11.7. The largest absolute Gasteiger partial charge is 0.381 e. The molecule has 0 saturated carbocycles. The van der Waals surface area contributed by atoms with Gasteiger partial charge < -0.3 is 10.1 Å². The molecule has 0 atom stereocenters. The predicted molar refractivity (Wildman–Crippen MR) is 66.1 cm³/mol. The van der Waals surface area contributed by atoms with E-state index in [-0.39, 0.29) is 5.54 Å². The minimum atomic E-state index is -0.0535. The third kappa shape index (κ3) is 2.66. The van der Waals surface area contributed by atoms with E-state index in [1.807, 2.05) is 19.2 Å². The van der Waals surface area contributed by atoms with Gasteiger partial charge in [0.1, 0.15) is 5.82 Å². The van der Waals surface area contributed by atoms with Crippen LogP contribution >= 0.6 is 11.6 Å². The molecule has 0 aliphatic carbocycles. The van der Waals surface area contributed by atoms with Gasteiger partial charge in [0, 0.05) is 25.3 Å². The zero-order valence-electron chi connectivity index (χ0n) is 9.50. The molecule has 1 fully saturated rings. The van der Waals surface area contributed by atoms with Crippen molar-refractivity contribution in [3.05, 3.63) is 23.9 Å². The molecule has 0 bridgehead atoms. The Morgan fingerprint density at radius 2 is 2.19 bits per heavy atom. The van der Waals surface area contributed by atoms with Crippen molar-refractivity contribution in [2.24, 2.45) is 0 Å². The van der Waals surface area contributed by atoms with Crippen LogP contribution in [0.15, 0.2) is 18.3 Å². The molecule has 3 nitrogen and oxygen atoms in total. The Labute approximate surface area is 101 Å². The molecule has 0 aromatic carbocycles. The number of nitrogens with zero attached hydrogens (tertiary/aromatic N) is 1. The lowest BCUT2D eigenvalue weighted by molar-refractivity contribution is 0.0666. The van der Waals surface area contributed by atoms with E-state index in [0.717, 1.165) is 37.4 Å². The number of hydrogen-bond donors (Lipinski definition) is 1. The highest BCUT2D eigenvalue weighted by Crippen LogP contribution is 2.26. The van der Waals surface area contributed by atoms with Crippen LogP contribution in [0.5, 0.6) is 0 Å². The Bertz CT molecular complexity index is 333. The molecule has 2 rings (SSSR count). The molecule has 88 valence electrons. The molecule has 2 heterocycles. The van der Waals surface area contributed by atoms with Gasteiger partial charge in [0.25, 0.3) is 0 Å². The quantitative estimate of drug-likeness (QED) is 0.825. The number of pyridine rings is 1. The average molecular weight is 241 g/mol. The number of ether oxygens (including phenoxy) is 1. The number of halogens is 1. The van der Waals surface area contributed by atoms with E-state index in [2.05, 4.69) is 16.4 Å². The topological polar surface area (TPSA) is 34.1 Å². The SMILES string of the molecule is Cc1ccc(NC2(CCl)CCOCC2)nc1. The number of rotatable bonds is 3. The second-order valence-electron chi connectivity index (χ2n) is 4.37. The van der Waals surface area contributed by atoms with Gasteiger partial charge in [-0.25, -0.2) is 4.98 Å². The van der Waals surface area contributed by atoms with Crippen LogP contribution in [0.4, 0.5) is 5.82 Å². The molecule has 16 heavy (non-hydrogen) atoms. The summed E-state index contributed by atoms with van der Waals surface area (Å²) in [5, 5.41) is 3.45. The zero-order chi connectivity index (χ0) is 11.4. The molecule has 1 aromatic rings. The number of aromatic nitrogens is 1. The van der Waals surface area contributed by atoms with Crippen molar-refractivity contribution < 1.29 is 4.74 Å². The zero-order valence-corrected chi connectivity index (χ0v) is 10.3. The summed E-state index contributed by atoms with van der Waals surface area (Å²) in [5.41, 5.74) is 1.11. The molecular weight excluding hydrogens is 224 g/mol. The Morgan fingerprint density at radius 3 is 2.75 bits per heavy atom. The molecule has 1 aliphatic heterocycles. The van der Waals surface area contributed by atoms with Crippen LogP contribution in [0.1, 0.15) is 18.4 Å². The molecule has 1 aliphatic rings. The van der Waals surface area contributed by atoms with Crippen molar-refractivity contribution in [2.45, 2.75) is 25.3 Å². The van der Waals surface area contributed by atoms with E-state index < -0.39 is 0 Å². The van der Waals surface area contributed by atoms with Crippen LogP contribution in [0, 0.1) is 6.92 Å². The summed E-state index contributed by atoms with van der Waals surface area (Å²) in [6, 6.07) is 4.05. The summed E-state index contributed by atoms with van der Waals surface area (Å²) in [6.45, 7) is 3.57. The fraction of sp³-hybridized carbons (Fsp3) is 0.583. The van der Waals surface area contributed by atoms with Crippen molar-refractivity contribution >= 4 is 17.4 Å². The number of nitrogens with one attached hydrogen (secondary N) is 1. The van der Waals surface area contributed by atoms with E-state index in [4.69, 9.17) is 16.3 Å². The highest BCUT2D eigenvalue weighted by molar-refractivity contribution is 6.18. The second-order valence-corrected chi connectivity index (χ2v) is 4.64. The van der Waals surface area contributed by atoms with Crippen LogP contribution in [-0.4, -0.2) is 29.6 Å². The van der Waals surface area contributed by atoms with Crippen LogP contribution < -0.4 is 5.32 Å². The van der Waals surface area contributed by atoms with Gasteiger partial charge in [-0.15, -0.1) is 11.6 Å². The number of alkyl halides is 1. The lowest BCUT2D eigenvalue weighted by Gasteiger charge is -2.36. The maximum Gasteiger partial charge on any atom is 0.126 e. The highest BCUT2D eigenvalue weighted by atomic mass is 35.5. The van der Waals surface area contributed by atoms with E-state index in [9.17, 15) is 0 Å². The third-order valence-corrected chi connectivity index (χ3v) is 3.52. The Kier molecular flexibility index (Phi) is 3.66. The van der Waals surface area contributed by atoms with Gasteiger partial charge in [-0.2, -0.15) is 0 Å². The van der Waals surface area contributed by atoms with E-state index >= 15 is 0 Å². The molecule has 0 spiro atoms.